The van der Waals surface area contributed by atoms with E-state index >= 15 is 0 Å². The summed E-state index contributed by atoms with van der Waals surface area (Å²) in [5.74, 6) is 0. The summed E-state index contributed by atoms with van der Waals surface area (Å²) in [7, 11) is 0. The Kier molecular flexibility index (Phi) is 3.45. The van der Waals surface area contributed by atoms with Crippen LogP contribution in [0.1, 0.15) is 39.0 Å². The van der Waals surface area contributed by atoms with Gasteiger partial charge in [-0.25, -0.2) is 0 Å². The van der Waals surface area contributed by atoms with Crippen molar-refractivity contribution in [1.29, 1.82) is 0 Å². The van der Waals surface area contributed by atoms with Crippen molar-refractivity contribution in [2.24, 2.45) is 5.41 Å². The Morgan fingerprint density at radius 1 is 1.14 bits per heavy atom. The first-order valence-electron chi connectivity index (χ1n) is 6.28. The standard InChI is InChI=1S/C12H24N2/c1-2-3-4-9-14-10-12(11-14)5-7-13-8-6-12/h13H,2-11H2,1H3. The Hall–Kier alpha value is -0.0800. The molecule has 2 nitrogen and oxygen atoms in total. The van der Waals surface area contributed by atoms with Crippen LogP contribution >= 0.6 is 0 Å². The minimum Gasteiger partial charge on any atom is -0.317 e. The number of nitrogens with zero attached hydrogens (tertiary/aromatic N) is 1. The van der Waals surface area contributed by atoms with Crippen LogP contribution in [0, 0.1) is 5.41 Å². The van der Waals surface area contributed by atoms with Crippen LogP contribution in [0.3, 0.4) is 0 Å². The van der Waals surface area contributed by atoms with Crippen LogP contribution in [0.4, 0.5) is 0 Å². The van der Waals surface area contributed by atoms with E-state index in [1.807, 2.05) is 0 Å². The molecule has 2 aliphatic heterocycles. The van der Waals surface area contributed by atoms with E-state index in [9.17, 15) is 0 Å². The summed E-state index contributed by atoms with van der Waals surface area (Å²) in [6.45, 7) is 8.91. The molecule has 1 N–H and O–H groups in total. The molecular weight excluding hydrogens is 172 g/mol. The lowest BCUT2D eigenvalue weighted by Gasteiger charge is -2.52. The van der Waals surface area contributed by atoms with Gasteiger partial charge in [-0.05, 0) is 44.3 Å². The molecule has 14 heavy (non-hydrogen) atoms. The summed E-state index contributed by atoms with van der Waals surface area (Å²) in [6, 6.07) is 0. The zero-order valence-corrected chi connectivity index (χ0v) is 9.52. The summed E-state index contributed by atoms with van der Waals surface area (Å²) in [5.41, 5.74) is 0.734. The van der Waals surface area contributed by atoms with Gasteiger partial charge in [0, 0.05) is 13.1 Å². The second kappa shape index (κ2) is 4.63. The van der Waals surface area contributed by atoms with Gasteiger partial charge < -0.3 is 10.2 Å². The third-order valence-electron chi connectivity index (χ3n) is 3.86. The molecule has 2 heteroatoms. The molecule has 0 aromatic carbocycles. The van der Waals surface area contributed by atoms with Gasteiger partial charge in [0.2, 0.25) is 0 Å². The second-order valence-electron chi connectivity index (χ2n) is 5.17. The van der Waals surface area contributed by atoms with Crippen molar-refractivity contribution < 1.29 is 0 Å². The summed E-state index contributed by atoms with van der Waals surface area (Å²) in [5, 5.41) is 3.46. The van der Waals surface area contributed by atoms with Gasteiger partial charge in [-0.3, -0.25) is 0 Å². The molecule has 0 saturated carbocycles. The van der Waals surface area contributed by atoms with Gasteiger partial charge in [-0.2, -0.15) is 0 Å². The molecule has 2 fully saturated rings. The Morgan fingerprint density at radius 2 is 1.86 bits per heavy atom. The molecule has 1 spiro atoms. The lowest BCUT2D eigenvalue weighted by atomic mass is 9.72. The molecule has 0 amide bonds. The molecule has 0 radical (unpaired) electrons. The van der Waals surface area contributed by atoms with Crippen molar-refractivity contribution in [2.75, 3.05) is 32.7 Å². The van der Waals surface area contributed by atoms with Crippen molar-refractivity contribution in [3.63, 3.8) is 0 Å². The topological polar surface area (TPSA) is 15.3 Å². The van der Waals surface area contributed by atoms with E-state index in [1.165, 1.54) is 64.8 Å². The molecule has 0 unspecified atom stereocenters. The molecule has 0 aromatic heterocycles. The highest BCUT2D eigenvalue weighted by molar-refractivity contribution is 4.97. The van der Waals surface area contributed by atoms with Gasteiger partial charge in [-0.15, -0.1) is 0 Å². The van der Waals surface area contributed by atoms with E-state index < -0.39 is 0 Å². The van der Waals surface area contributed by atoms with Gasteiger partial charge in [-0.1, -0.05) is 19.8 Å². The fourth-order valence-electron chi connectivity index (χ4n) is 2.92. The summed E-state index contributed by atoms with van der Waals surface area (Å²) >= 11 is 0. The second-order valence-corrected chi connectivity index (χ2v) is 5.17. The highest BCUT2D eigenvalue weighted by Gasteiger charge is 2.42. The quantitative estimate of drug-likeness (QED) is 0.690. The molecule has 0 aromatic rings. The summed E-state index contributed by atoms with van der Waals surface area (Å²) in [6.07, 6.45) is 6.99. The Labute approximate surface area is 88.1 Å². The molecule has 2 heterocycles. The minimum absolute atomic E-state index is 0.734. The molecule has 82 valence electrons. The monoisotopic (exact) mass is 196 g/mol. The molecule has 0 bridgehead atoms. The van der Waals surface area contributed by atoms with Gasteiger partial charge in [0.25, 0.3) is 0 Å². The first-order chi connectivity index (χ1) is 6.85. The molecule has 0 atom stereocenters. The summed E-state index contributed by atoms with van der Waals surface area (Å²) < 4.78 is 0. The molecule has 2 aliphatic rings. The lowest BCUT2D eigenvalue weighted by Crippen LogP contribution is -2.59. The maximum atomic E-state index is 3.46. The normalized spacial score (nSPS) is 26.4. The van der Waals surface area contributed by atoms with Crippen molar-refractivity contribution in [1.82, 2.24) is 10.2 Å². The number of piperidine rings is 1. The maximum Gasteiger partial charge on any atom is 0.00514 e. The largest absolute Gasteiger partial charge is 0.317 e. The third-order valence-corrected chi connectivity index (χ3v) is 3.86. The van der Waals surface area contributed by atoms with E-state index in [2.05, 4.69) is 17.1 Å². The SMILES string of the molecule is CCCCCN1CC2(CCNCC2)C1. The first kappa shape index (κ1) is 10.4. The molecule has 2 rings (SSSR count). The van der Waals surface area contributed by atoms with Crippen molar-refractivity contribution in [2.45, 2.75) is 39.0 Å². The van der Waals surface area contributed by atoms with Crippen LogP contribution in [0.15, 0.2) is 0 Å². The Morgan fingerprint density at radius 3 is 2.50 bits per heavy atom. The van der Waals surface area contributed by atoms with Gasteiger partial charge in [0.05, 0.1) is 0 Å². The van der Waals surface area contributed by atoms with Crippen LogP contribution in [-0.2, 0) is 0 Å². The lowest BCUT2D eigenvalue weighted by molar-refractivity contribution is -0.0232. The van der Waals surface area contributed by atoms with E-state index in [1.54, 1.807) is 0 Å². The van der Waals surface area contributed by atoms with E-state index in [0.717, 1.165) is 5.41 Å². The van der Waals surface area contributed by atoms with Crippen molar-refractivity contribution >= 4 is 0 Å². The summed E-state index contributed by atoms with van der Waals surface area (Å²) in [4.78, 5) is 2.65. The Balaban J connectivity index is 1.62. The fourth-order valence-corrected chi connectivity index (χ4v) is 2.92. The van der Waals surface area contributed by atoms with Crippen LogP contribution in [0.2, 0.25) is 0 Å². The molecule has 2 saturated heterocycles. The number of hydrogen-bond acceptors (Lipinski definition) is 2. The molecular formula is C12H24N2. The van der Waals surface area contributed by atoms with Crippen molar-refractivity contribution in [3.8, 4) is 0 Å². The third kappa shape index (κ3) is 2.29. The smallest absolute Gasteiger partial charge is 0.00514 e. The van der Waals surface area contributed by atoms with Gasteiger partial charge in [0.1, 0.15) is 0 Å². The highest BCUT2D eigenvalue weighted by Crippen LogP contribution is 2.38. The first-order valence-corrected chi connectivity index (χ1v) is 6.28. The minimum atomic E-state index is 0.734. The zero-order valence-electron chi connectivity index (χ0n) is 9.52. The average molecular weight is 196 g/mol. The van der Waals surface area contributed by atoms with E-state index in [4.69, 9.17) is 0 Å². The van der Waals surface area contributed by atoms with Crippen molar-refractivity contribution in [3.05, 3.63) is 0 Å². The van der Waals surface area contributed by atoms with Crippen LogP contribution in [-0.4, -0.2) is 37.6 Å². The fraction of sp³-hybridized carbons (Fsp3) is 1.00. The number of unbranched alkanes of at least 4 members (excludes halogenated alkanes) is 2. The van der Waals surface area contributed by atoms with Crippen LogP contribution < -0.4 is 5.32 Å². The zero-order chi connectivity index (χ0) is 9.86. The highest BCUT2D eigenvalue weighted by atomic mass is 15.2. The number of rotatable bonds is 4. The van der Waals surface area contributed by atoms with Crippen LogP contribution in [0.5, 0.6) is 0 Å². The number of nitrogens with one attached hydrogen (secondary N) is 1. The predicted molar refractivity (Wildman–Crippen MR) is 60.5 cm³/mol. The van der Waals surface area contributed by atoms with E-state index in [-0.39, 0.29) is 0 Å². The predicted octanol–water partition coefficient (Wildman–Crippen LogP) is 1.86. The number of hydrogen-bond donors (Lipinski definition) is 1. The molecule has 0 aliphatic carbocycles. The van der Waals surface area contributed by atoms with Gasteiger partial charge in [0.15, 0.2) is 0 Å². The number of likely N-dealkylation sites (tertiary alicyclic amines) is 1. The van der Waals surface area contributed by atoms with Gasteiger partial charge >= 0.3 is 0 Å². The van der Waals surface area contributed by atoms with Crippen LogP contribution in [0.25, 0.3) is 0 Å². The van der Waals surface area contributed by atoms with E-state index in [0.29, 0.717) is 0 Å². The average Bonchev–Trinajstić information content (AvgIpc) is 2.17. The Bertz CT molecular complexity index is 165. The maximum absolute atomic E-state index is 3.46.